The quantitative estimate of drug-likeness (QED) is 0.645. The molecule has 0 spiro atoms. The number of benzene rings is 1. The third-order valence-electron chi connectivity index (χ3n) is 5.54. The highest BCUT2D eigenvalue weighted by Crippen LogP contribution is 2.40. The van der Waals surface area contributed by atoms with E-state index in [1.54, 1.807) is 30.0 Å². The van der Waals surface area contributed by atoms with Gasteiger partial charge in [-0.05, 0) is 55.3 Å². The maximum atomic E-state index is 12.4. The zero-order chi connectivity index (χ0) is 22.8. The number of rotatable bonds is 4. The summed E-state index contributed by atoms with van der Waals surface area (Å²) < 4.78 is 0. The van der Waals surface area contributed by atoms with Gasteiger partial charge in [-0.3, -0.25) is 9.78 Å². The summed E-state index contributed by atoms with van der Waals surface area (Å²) in [5.74, 6) is -0.428. The van der Waals surface area contributed by atoms with Crippen molar-refractivity contribution in [2.75, 3.05) is 10.2 Å². The fourth-order valence-corrected chi connectivity index (χ4v) is 4.05. The summed E-state index contributed by atoms with van der Waals surface area (Å²) in [4.78, 5) is 33.9. The number of nitriles is 1. The number of aromatic carboxylic acids is 1. The number of nitrogens with one attached hydrogen (secondary N) is 1. The smallest absolute Gasteiger partial charge is 0.337 e. The summed E-state index contributed by atoms with van der Waals surface area (Å²) in [6.45, 7) is 3.56. The van der Waals surface area contributed by atoms with Crippen LogP contribution < -0.4 is 10.2 Å². The highest BCUT2D eigenvalue weighted by Gasteiger charge is 2.33. The lowest BCUT2D eigenvalue weighted by Crippen LogP contribution is -2.43. The Bertz CT molecular complexity index is 1220. The van der Waals surface area contributed by atoms with Gasteiger partial charge in [-0.15, -0.1) is 0 Å². The minimum Gasteiger partial charge on any atom is -0.478 e. The van der Waals surface area contributed by atoms with Gasteiger partial charge >= 0.3 is 5.97 Å². The number of hydrogen-bond donors (Lipinski definition) is 2. The van der Waals surface area contributed by atoms with Crippen LogP contribution in [0.15, 0.2) is 54.9 Å². The summed E-state index contributed by atoms with van der Waals surface area (Å²) >= 11 is 0. The lowest BCUT2D eigenvalue weighted by Gasteiger charge is -2.39. The zero-order valence-corrected chi connectivity index (χ0v) is 17.6. The van der Waals surface area contributed by atoms with Crippen molar-refractivity contribution >= 4 is 23.4 Å². The lowest BCUT2D eigenvalue weighted by molar-refractivity contribution is -0.117. The maximum Gasteiger partial charge on any atom is 0.337 e. The topological polar surface area (TPSA) is 119 Å². The molecule has 4 rings (SSSR count). The Kier molecular flexibility index (Phi) is 5.56. The Morgan fingerprint density at radius 2 is 1.97 bits per heavy atom. The van der Waals surface area contributed by atoms with Crippen LogP contribution in [0.2, 0.25) is 0 Å². The molecule has 3 heterocycles. The van der Waals surface area contributed by atoms with Gasteiger partial charge in [0, 0.05) is 36.6 Å². The Hall–Kier alpha value is -4.25. The number of fused-ring (bicyclic) bond motifs is 1. The largest absolute Gasteiger partial charge is 0.478 e. The second kappa shape index (κ2) is 8.47. The maximum absolute atomic E-state index is 12.4. The van der Waals surface area contributed by atoms with Crippen LogP contribution in [-0.4, -0.2) is 33.0 Å². The number of pyridine rings is 2. The minimum absolute atomic E-state index is 0.0188. The van der Waals surface area contributed by atoms with Crippen molar-refractivity contribution in [3.63, 3.8) is 0 Å². The van der Waals surface area contributed by atoms with Crippen molar-refractivity contribution in [1.29, 1.82) is 5.26 Å². The highest BCUT2D eigenvalue weighted by atomic mass is 16.4. The van der Waals surface area contributed by atoms with E-state index >= 15 is 0 Å². The molecule has 0 saturated carbocycles. The third kappa shape index (κ3) is 4.01. The Morgan fingerprint density at radius 3 is 2.56 bits per heavy atom. The summed E-state index contributed by atoms with van der Waals surface area (Å²) in [7, 11) is 0. The van der Waals surface area contributed by atoms with E-state index in [1.165, 1.54) is 18.5 Å². The summed E-state index contributed by atoms with van der Waals surface area (Å²) in [6.07, 6.45) is 3.52. The van der Waals surface area contributed by atoms with Crippen molar-refractivity contribution in [1.82, 2.24) is 9.97 Å². The van der Waals surface area contributed by atoms with Gasteiger partial charge in [0.05, 0.1) is 22.9 Å². The molecule has 2 aromatic heterocycles. The predicted octanol–water partition coefficient (Wildman–Crippen LogP) is 4.01. The van der Waals surface area contributed by atoms with Crippen LogP contribution in [0.5, 0.6) is 0 Å². The summed E-state index contributed by atoms with van der Waals surface area (Å²) in [6, 6.07) is 14.3. The molecule has 2 N–H and O–H groups in total. The molecule has 1 aliphatic rings. The number of carbonyl (C=O) groups excluding carboxylic acids is 1. The Morgan fingerprint density at radius 1 is 1.16 bits per heavy atom. The number of carboxylic acid groups (broad SMARTS) is 1. The monoisotopic (exact) mass is 427 g/mol. The van der Waals surface area contributed by atoms with Gasteiger partial charge in [0.25, 0.3) is 0 Å². The summed E-state index contributed by atoms with van der Waals surface area (Å²) in [5, 5.41) is 21.5. The molecule has 1 amide bonds. The molecular formula is C24H21N5O3. The number of hydrogen-bond acceptors (Lipinski definition) is 6. The third-order valence-corrected chi connectivity index (χ3v) is 5.54. The molecule has 2 atom stereocenters. The molecule has 32 heavy (non-hydrogen) atoms. The van der Waals surface area contributed by atoms with Crippen molar-refractivity contribution in [2.24, 2.45) is 0 Å². The van der Waals surface area contributed by atoms with Crippen LogP contribution in [0.1, 0.15) is 47.8 Å². The highest BCUT2D eigenvalue weighted by molar-refractivity contribution is 5.94. The van der Waals surface area contributed by atoms with Crippen LogP contribution in [-0.2, 0) is 4.79 Å². The van der Waals surface area contributed by atoms with E-state index in [1.807, 2.05) is 25.1 Å². The first-order valence-corrected chi connectivity index (χ1v) is 10.1. The molecule has 160 valence electrons. The van der Waals surface area contributed by atoms with E-state index in [4.69, 9.17) is 10.4 Å². The average Bonchev–Trinajstić information content (AvgIpc) is 2.79. The standard InChI is InChI=1S/C24H21N5O3/c1-14-9-21(28-23-8-3-16(11-25)12-27-23)19-10-17(5-7-22(19)29(14)15(2)30)20-6-4-18(13-26-20)24(31)32/h3-8,10,12-14,21H,9H2,1-2H3,(H,27,28)(H,31,32)/t14-,21+/m0/s1. The molecule has 0 radical (unpaired) electrons. The number of carbonyl (C=O) groups is 2. The lowest BCUT2D eigenvalue weighted by atomic mass is 9.89. The normalized spacial score (nSPS) is 17.2. The van der Waals surface area contributed by atoms with Crippen LogP contribution in [0.4, 0.5) is 11.5 Å². The molecule has 0 fully saturated rings. The van der Waals surface area contributed by atoms with Crippen molar-refractivity contribution in [3.05, 3.63) is 71.5 Å². The van der Waals surface area contributed by atoms with Gasteiger partial charge in [-0.2, -0.15) is 5.26 Å². The fraction of sp³-hybridized carbons (Fsp3) is 0.208. The molecule has 0 aliphatic carbocycles. The first-order valence-electron chi connectivity index (χ1n) is 10.1. The van der Waals surface area contributed by atoms with E-state index in [2.05, 4.69) is 21.4 Å². The first-order chi connectivity index (χ1) is 15.4. The molecule has 8 heteroatoms. The molecule has 1 aromatic carbocycles. The minimum atomic E-state index is -1.03. The van der Waals surface area contributed by atoms with E-state index in [9.17, 15) is 9.59 Å². The molecule has 0 saturated heterocycles. The molecule has 0 unspecified atom stereocenters. The van der Waals surface area contributed by atoms with Gasteiger partial charge < -0.3 is 15.3 Å². The zero-order valence-electron chi connectivity index (χ0n) is 17.6. The van der Waals surface area contributed by atoms with E-state index in [0.29, 0.717) is 23.5 Å². The average molecular weight is 427 g/mol. The second-order valence-corrected chi connectivity index (χ2v) is 7.73. The number of aromatic nitrogens is 2. The fourth-order valence-electron chi connectivity index (χ4n) is 4.05. The van der Waals surface area contributed by atoms with Crippen molar-refractivity contribution in [3.8, 4) is 17.3 Å². The van der Waals surface area contributed by atoms with E-state index < -0.39 is 5.97 Å². The Balaban J connectivity index is 1.74. The number of anilines is 2. The second-order valence-electron chi connectivity index (χ2n) is 7.73. The van der Waals surface area contributed by atoms with Crippen molar-refractivity contribution in [2.45, 2.75) is 32.4 Å². The van der Waals surface area contributed by atoms with Gasteiger partial charge in [-0.25, -0.2) is 9.78 Å². The van der Waals surface area contributed by atoms with Crippen LogP contribution in [0, 0.1) is 11.3 Å². The van der Waals surface area contributed by atoms with Crippen LogP contribution >= 0.6 is 0 Å². The molecule has 8 nitrogen and oxygen atoms in total. The summed E-state index contributed by atoms with van der Waals surface area (Å²) in [5.41, 5.74) is 3.79. The molecule has 1 aliphatic heterocycles. The van der Waals surface area contributed by atoms with Gasteiger partial charge in [0.15, 0.2) is 0 Å². The first kappa shape index (κ1) is 21.0. The van der Waals surface area contributed by atoms with Crippen LogP contribution in [0.3, 0.4) is 0 Å². The number of amides is 1. The SMILES string of the molecule is CC(=O)N1c2ccc(-c3ccc(C(=O)O)cn3)cc2[C@H](Nc2ccc(C#N)cn2)C[C@@H]1C. The van der Waals surface area contributed by atoms with Gasteiger partial charge in [0.1, 0.15) is 11.9 Å². The predicted molar refractivity (Wildman–Crippen MR) is 119 cm³/mol. The van der Waals surface area contributed by atoms with Crippen LogP contribution in [0.25, 0.3) is 11.3 Å². The number of carboxylic acids is 1. The molecule has 3 aromatic rings. The van der Waals surface area contributed by atoms with Gasteiger partial charge in [-0.1, -0.05) is 6.07 Å². The number of nitrogens with zero attached hydrogens (tertiary/aromatic N) is 4. The van der Waals surface area contributed by atoms with E-state index in [0.717, 1.165) is 16.8 Å². The van der Waals surface area contributed by atoms with E-state index in [-0.39, 0.29) is 23.6 Å². The molecule has 0 bridgehead atoms. The van der Waals surface area contributed by atoms with Gasteiger partial charge in [0.2, 0.25) is 5.91 Å². The molecular weight excluding hydrogens is 406 g/mol. The van der Waals surface area contributed by atoms with Crippen molar-refractivity contribution < 1.29 is 14.7 Å². The Labute approximate surface area is 185 Å².